The minimum Gasteiger partial charge on any atom is -0.495 e. The Bertz CT molecular complexity index is 1000. The summed E-state index contributed by atoms with van der Waals surface area (Å²) in [6.45, 7) is 3.18. The van der Waals surface area contributed by atoms with E-state index in [4.69, 9.17) is 9.47 Å². The second kappa shape index (κ2) is 9.42. The summed E-state index contributed by atoms with van der Waals surface area (Å²) in [5, 5.41) is 2.59. The summed E-state index contributed by atoms with van der Waals surface area (Å²) in [5.74, 6) is -0.875. The fourth-order valence-corrected chi connectivity index (χ4v) is 3.53. The lowest BCUT2D eigenvalue weighted by molar-refractivity contribution is -0.114. The number of anilines is 2. The van der Waals surface area contributed by atoms with Crippen molar-refractivity contribution >= 4 is 33.3 Å². The average Bonchev–Trinajstić information content (AvgIpc) is 2.66. The largest absolute Gasteiger partial charge is 0.495 e. The molecule has 1 amide bonds. The molecule has 156 valence electrons. The number of amides is 1. The molecule has 2 aromatic rings. The summed E-state index contributed by atoms with van der Waals surface area (Å²) in [4.78, 5) is 24.7. The van der Waals surface area contributed by atoms with Gasteiger partial charge in [0, 0.05) is 0 Å². The van der Waals surface area contributed by atoms with Crippen LogP contribution in [0.25, 0.3) is 0 Å². The van der Waals surface area contributed by atoms with Gasteiger partial charge in [0.1, 0.15) is 12.3 Å². The van der Waals surface area contributed by atoms with Gasteiger partial charge in [0.25, 0.3) is 0 Å². The predicted octanol–water partition coefficient (Wildman–Crippen LogP) is 2.59. The zero-order valence-corrected chi connectivity index (χ0v) is 17.6. The second-order valence-electron chi connectivity index (χ2n) is 6.26. The fraction of sp³-hybridized carbons (Fsp3) is 0.300. The van der Waals surface area contributed by atoms with Crippen molar-refractivity contribution in [3.63, 3.8) is 0 Å². The van der Waals surface area contributed by atoms with E-state index in [0.29, 0.717) is 5.75 Å². The van der Waals surface area contributed by atoms with Gasteiger partial charge in [-0.2, -0.15) is 0 Å². The molecule has 0 unspecified atom stereocenters. The Morgan fingerprint density at radius 3 is 2.45 bits per heavy atom. The monoisotopic (exact) mass is 420 g/mol. The molecule has 9 heteroatoms. The van der Waals surface area contributed by atoms with E-state index in [0.717, 1.165) is 16.1 Å². The van der Waals surface area contributed by atoms with E-state index in [-0.39, 0.29) is 23.5 Å². The molecule has 0 saturated heterocycles. The zero-order valence-electron chi connectivity index (χ0n) is 16.8. The van der Waals surface area contributed by atoms with Crippen LogP contribution in [0.1, 0.15) is 22.8 Å². The van der Waals surface area contributed by atoms with E-state index < -0.39 is 28.4 Å². The van der Waals surface area contributed by atoms with E-state index >= 15 is 0 Å². The van der Waals surface area contributed by atoms with Crippen LogP contribution >= 0.6 is 0 Å². The van der Waals surface area contributed by atoms with Crippen molar-refractivity contribution in [1.82, 2.24) is 0 Å². The molecule has 0 bridgehead atoms. The first-order valence-electron chi connectivity index (χ1n) is 8.85. The smallest absolute Gasteiger partial charge is 0.340 e. The maximum absolute atomic E-state index is 12.6. The van der Waals surface area contributed by atoms with E-state index in [2.05, 4.69) is 5.32 Å². The first-order valence-corrected chi connectivity index (χ1v) is 10.7. The van der Waals surface area contributed by atoms with E-state index in [1.165, 1.54) is 13.2 Å². The van der Waals surface area contributed by atoms with Gasteiger partial charge in [0.2, 0.25) is 15.9 Å². The number of nitrogens with zero attached hydrogens (tertiary/aromatic N) is 1. The third kappa shape index (κ3) is 5.71. The lowest BCUT2D eigenvalue weighted by Gasteiger charge is -2.24. The van der Waals surface area contributed by atoms with Crippen molar-refractivity contribution < 1.29 is 27.5 Å². The van der Waals surface area contributed by atoms with E-state index in [9.17, 15) is 18.0 Å². The molecule has 0 aliphatic carbocycles. The Kier molecular flexibility index (Phi) is 7.22. The molecule has 2 rings (SSSR count). The maximum Gasteiger partial charge on any atom is 0.340 e. The number of nitrogens with one attached hydrogen (secondary N) is 1. The van der Waals surface area contributed by atoms with Crippen molar-refractivity contribution in [1.29, 1.82) is 0 Å². The van der Waals surface area contributed by atoms with Crippen LogP contribution in [0.5, 0.6) is 5.75 Å². The van der Waals surface area contributed by atoms with Gasteiger partial charge in [-0.1, -0.05) is 18.2 Å². The van der Waals surface area contributed by atoms with Crippen molar-refractivity contribution in [3.8, 4) is 5.75 Å². The van der Waals surface area contributed by atoms with Gasteiger partial charge >= 0.3 is 5.97 Å². The Hall–Kier alpha value is -3.07. The molecule has 8 nitrogen and oxygen atoms in total. The zero-order chi connectivity index (χ0) is 21.6. The standard InChI is InChI=1S/C20H24N2O6S/c1-5-28-20(24)15-8-6-7-9-16(15)21-19(23)13-22(29(4,25)26)17-12-14(2)10-11-18(17)27-3/h6-12H,5,13H2,1-4H3,(H,21,23). The van der Waals surface area contributed by atoms with Crippen LogP contribution in [-0.2, 0) is 19.6 Å². The molecule has 0 saturated carbocycles. The maximum atomic E-state index is 12.6. The van der Waals surface area contributed by atoms with Gasteiger partial charge < -0.3 is 14.8 Å². The van der Waals surface area contributed by atoms with Crippen LogP contribution in [0.2, 0.25) is 0 Å². The molecule has 0 spiro atoms. The molecule has 0 radical (unpaired) electrons. The molecule has 0 aliphatic heterocycles. The topological polar surface area (TPSA) is 102 Å². The predicted molar refractivity (Wildman–Crippen MR) is 111 cm³/mol. The van der Waals surface area contributed by atoms with Crippen molar-refractivity contribution in [2.24, 2.45) is 0 Å². The van der Waals surface area contributed by atoms with Gasteiger partial charge in [-0.05, 0) is 43.7 Å². The molecule has 0 atom stereocenters. The minimum absolute atomic E-state index is 0.182. The quantitative estimate of drug-likeness (QED) is 0.659. The number of methoxy groups -OCH3 is 1. The number of rotatable bonds is 8. The lowest BCUT2D eigenvalue weighted by Crippen LogP contribution is -2.38. The molecule has 0 fully saturated rings. The van der Waals surface area contributed by atoms with Gasteiger partial charge in [-0.15, -0.1) is 0 Å². The Morgan fingerprint density at radius 1 is 1.14 bits per heavy atom. The van der Waals surface area contributed by atoms with Crippen LogP contribution in [-0.4, -0.2) is 46.8 Å². The Labute approximate surface area is 170 Å². The van der Waals surface area contributed by atoms with Gasteiger partial charge in [0.15, 0.2) is 0 Å². The highest BCUT2D eigenvalue weighted by molar-refractivity contribution is 7.92. The molecule has 2 aromatic carbocycles. The number of sulfonamides is 1. The molecular formula is C20H24N2O6S. The molecular weight excluding hydrogens is 396 g/mol. The molecule has 0 aliphatic rings. The molecule has 0 heterocycles. The summed E-state index contributed by atoms with van der Waals surface area (Å²) < 4.78 is 36.0. The third-order valence-electron chi connectivity index (χ3n) is 3.99. The molecule has 1 N–H and O–H groups in total. The number of esters is 1. The van der Waals surface area contributed by atoms with Crippen LogP contribution in [0.3, 0.4) is 0 Å². The number of carbonyl (C=O) groups excluding carboxylic acids is 2. The summed E-state index contributed by atoms with van der Waals surface area (Å²) in [6.07, 6.45) is 1.01. The number of aryl methyl sites for hydroxylation is 1. The number of para-hydroxylation sites is 1. The van der Waals surface area contributed by atoms with E-state index in [1.807, 2.05) is 0 Å². The second-order valence-corrected chi connectivity index (χ2v) is 8.17. The summed E-state index contributed by atoms with van der Waals surface area (Å²) >= 11 is 0. The van der Waals surface area contributed by atoms with Gasteiger partial charge in [0.05, 0.1) is 36.9 Å². The normalized spacial score (nSPS) is 10.9. The minimum atomic E-state index is -3.79. The number of hydrogen-bond acceptors (Lipinski definition) is 6. The number of carbonyl (C=O) groups is 2. The van der Waals surface area contributed by atoms with Crippen LogP contribution in [0.15, 0.2) is 42.5 Å². The third-order valence-corrected chi connectivity index (χ3v) is 5.11. The SMILES string of the molecule is CCOC(=O)c1ccccc1NC(=O)CN(c1cc(C)ccc1OC)S(C)(=O)=O. The van der Waals surface area contributed by atoms with Crippen LogP contribution in [0.4, 0.5) is 11.4 Å². The number of hydrogen-bond donors (Lipinski definition) is 1. The van der Waals surface area contributed by atoms with Crippen molar-refractivity contribution in [2.45, 2.75) is 13.8 Å². The Morgan fingerprint density at radius 2 is 1.83 bits per heavy atom. The van der Waals surface area contributed by atoms with Gasteiger partial charge in [-0.25, -0.2) is 13.2 Å². The van der Waals surface area contributed by atoms with Crippen LogP contribution in [0, 0.1) is 6.92 Å². The van der Waals surface area contributed by atoms with E-state index in [1.54, 1.807) is 50.2 Å². The van der Waals surface area contributed by atoms with Crippen LogP contribution < -0.4 is 14.4 Å². The lowest BCUT2D eigenvalue weighted by atomic mass is 10.1. The number of benzene rings is 2. The fourth-order valence-electron chi connectivity index (χ4n) is 2.68. The highest BCUT2D eigenvalue weighted by atomic mass is 32.2. The van der Waals surface area contributed by atoms with Crippen molar-refractivity contribution in [3.05, 3.63) is 53.6 Å². The highest BCUT2D eigenvalue weighted by Gasteiger charge is 2.25. The highest BCUT2D eigenvalue weighted by Crippen LogP contribution is 2.31. The summed E-state index contributed by atoms with van der Waals surface area (Å²) in [6, 6.07) is 11.4. The first kappa shape index (κ1) is 22.2. The summed E-state index contributed by atoms with van der Waals surface area (Å²) in [5.41, 5.74) is 1.48. The average molecular weight is 420 g/mol. The molecule has 0 aromatic heterocycles. The first-order chi connectivity index (χ1) is 13.7. The molecule has 29 heavy (non-hydrogen) atoms. The Balaban J connectivity index is 2.32. The van der Waals surface area contributed by atoms with Gasteiger partial charge in [-0.3, -0.25) is 9.10 Å². The van der Waals surface area contributed by atoms with Crippen molar-refractivity contribution in [2.75, 3.05) is 36.1 Å². The number of ether oxygens (including phenoxy) is 2. The summed E-state index contributed by atoms with van der Waals surface area (Å²) in [7, 11) is -2.37.